The highest BCUT2D eigenvalue weighted by molar-refractivity contribution is 5.56. The number of hydrogen-bond acceptors (Lipinski definition) is 4. The average Bonchev–Trinajstić information content (AvgIpc) is 2.47. The van der Waals surface area contributed by atoms with Crippen molar-refractivity contribution < 1.29 is 9.59 Å². The van der Waals surface area contributed by atoms with E-state index in [-0.39, 0.29) is 0 Å². The van der Waals surface area contributed by atoms with E-state index in [1.807, 2.05) is 64.1 Å². The minimum absolute atomic E-state index is 0.712. The molecule has 0 spiro atoms. The van der Waals surface area contributed by atoms with Crippen LogP contribution < -0.4 is 0 Å². The van der Waals surface area contributed by atoms with Gasteiger partial charge in [-0.25, -0.2) is 9.59 Å². The minimum atomic E-state index is -1.45. The molecule has 2 rings (SSSR count). The van der Waals surface area contributed by atoms with Crippen molar-refractivity contribution in [2.45, 2.75) is 33.4 Å². The molecular formula is C19H18N2O2. The molecule has 0 heterocycles. The molecule has 2 aromatic carbocycles. The Balaban J connectivity index is 3.04. The smallest absolute Gasteiger partial charge is 0.211 e. The van der Waals surface area contributed by atoms with Gasteiger partial charge in [0.25, 0.3) is 0 Å². The third-order valence-electron chi connectivity index (χ3n) is 4.07. The van der Waals surface area contributed by atoms with Gasteiger partial charge in [-0.1, -0.05) is 36.4 Å². The Kier molecular flexibility index (Phi) is 4.71. The number of carbonyl (C=O) groups excluding carboxylic acids is 2. The van der Waals surface area contributed by atoms with Crippen LogP contribution in [-0.4, -0.2) is 12.2 Å². The highest BCUT2D eigenvalue weighted by atomic mass is 16.1. The van der Waals surface area contributed by atoms with Crippen LogP contribution in [0.5, 0.6) is 0 Å². The lowest BCUT2D eigenvalue weighted by Crippen LogP contribution is -2.27. The number of aryl methyl sites for hydroxylation is 4. The van der Waals surface area contributed by atoms with Crippen LogP contribution >= 0.6 is 0 Å². The minimum Gasteiger partial charge on any atom is -0.211 e. The van der Waals surface area contributed by atoms with Crippen molar-refractivity contribution in [2.75, 3.05) is 0 Å². The lowest BCUT2D eigenvalue weighted by molar-refractivity contribution is 0.511. The lowest BCUT2D eigenvalue weighted by Gasteiger charge is -2.29. The molecular weight excluding hydrogens is 288 g/mol. The molecule has 4 heteroatoms. The van der Waals surface area contributed by atoms with Crippen molar-refractivity contribution in [1.82, 2.24) is 0 Å². The molecule has 0 bridgehead atoms. The first kappa shape index (κ1) is 16.6. The van der Waals surface area contributed by atoms with Crippen molar-refractivity contribution in [3.8, 4) is 0 Å². The Labute approximate surface area is 135 Å². The zero-order valence-electron chi connectivity index (χ0n) is 13.7. The van der Waals surface area contributed by atoms with Crippen molar-refractivity contribution in [2.24, 2.45) is 9.98 Å². The fraction of sp³-hybridized carbons (Fsp3) is 0.263. The van der Waals surface area contributed by atoms with Gasteiger partial charge in [0, 0.05) is 11.1 Å². The summed E-state index contributed by atoms with van der Waals surface area (Å²) in [5, 5.41) is 0. The Morgan fingerprint density at radius 2 is 1.00 bits per heavy atom. The quantitative estimate of drug-likeness (QED) is 0.637. The zero-order chi connectivity index (χ0) is 17.0. The van der Waals surface area contributed by atoms with Gasteiger partial charge < -0.3 is 0 Å². The van der Waals surface area contributed by atoms with E-state index in [0.717, 1.165) is 22.3 Å². The van der Waals surface area contributed by atoms with Crippen molar-refractivity contribution >= 4 is 12.2 Å². The van der Waals surface area contributed by atoms with Crippen LogP contribution in [0, 0.1) is 27.7 Å². The van der Waals surface area contributed by atoms with E-state index in [1.54, 1.807) is 12.2 Å². The average molecular weight is 306 g/mol. The van der Waals surface area contributed by atoms with Crippen LogP contribution in [0.2, 0.25) is 0 Å². The van der Waals surface area contributed by atoms with Gasteiger partial charge in [-0.2, -0.15) is 9.98 Å². The van der Waals surface area contributed by atoms with Gasteiger partial charge >= 0.3 is 0 Å². The van der Waals surface area contributed by atoms with Gasteiger partial charge in [0.15, 0.2) is 0 Å². The van der Waals surface area contributed by atoms with Crippen molar-refractivity contribution in [3.63, 3.8) is 0 Å². The summed E-state index contributed by atoms with van der Waals surface area (Å²) >= 11 is 0. The van der Waals surface area contributed by atoms with Crippen LogP contribution in [0.15, 0.2) is 46.4 Å². The highest BCUT2D eigenvalue weighted by Gasteiger charge is 2.39. The van der Waals surface area contributed by atoms with E-state index >= 15 is 0 Å². The summed E-state index contributed by atoms with van der Waals surface area (Å²) in [6.45, 7) is 7.63. The number of isocyanates is 2. The Morgan fingerprint density at radius 1 is 0.696 bits per heavy atom. The number of aliphatic imine (C=N–C) groups is 2. The topological polar surface area (TPSA) is 58.9 Å². The molecule has 0 atom stereocenters. The maximum Gasteiger partial charge on any atom is 0.238 e. The molecule has 0 aromatic heterocycles. The third-order valence-corrected chi connectivity index (χ3v) is 4.07. The van der Waals surface area contributed by atoms with Gasteiger partial charge in [0.05, 0.1) is 0 Å². The summed E-state index contributed by atoms with van der Waals surface area (Å²) in [5.74, 6) is 0. The Bertz CT molecular complexity index is 730. The van der Waals surface area contributed by atoms with E-state index in [9.17, 15) is 9.59 Å². The number of rotatable bonds is 4. The first-order valence-corrected chi connectivity index (χ1v) is 7.29. The van der Waals surface area contributed by atoms with Gasteiger partial charge in [0.2, 0.25) is 17.8 Å². The standard InChI is InChI=1S/C19H18N2O2/c1-13-7-5-8-14(2)17(13)19(20-11-22,21-12-23)18-15(3)9-6-10-16(18)4/h5-10H,1-4H3. The summed E-state index contributed by atoms with van der Waals surface area (Å²) in [7, 11) is 0. The van der Waals surface area contributed by atoms with Crippen LogP contribution in [0.25, 0.3) is 0 Å². The third kappa shape index (κ3) is 2.78. The lowest BCUT2D eigenvalue weighted by atomic mass is 9.82. The first-order valence-electron chi connectivity index (χ1n) is 7.29. The van der Waals surface area contributed by atoms with E-state index in [1.165, 1.54) is 0 Å². The molecule has 0 aliphatic heterocycles. The molecule has 0 saturated carbocycles. The van der Waals surface area contributed by atoms with Gasteiger partial charge in [-0.15, -0.1) is 0 Å². The maximum absolute atomic E-state index is 11.2. The normalized spacial score (nSPS) is 10.6. The second-order valence-electron chi connectivity index (χ2n) is 5.61. The predicted octanol–water partition coefficient (Wildman–Crippen LogP) is 3.79. The van der Waals surface area contributed by atoms with Crippen LogP contribution in [0.1, 0.15) is 33.4 Å². The van der Waals surface area contributed by atoms with Gasteiger partial charge in [-0.05, 0) is 49.9 Å². The molecule has 0 fully saturated rings. The first-order chi connectivity index (χ1) is 11.0. The Hall–Kier alpha value is -2.80. The predicted molar refractivity (Wildman–Crippen MR) is 88.9 cm³/mol. The van der Waals surface area contributed by atoms with Crippen molar-refractivity contribution in [3.05, 3.63) is 69.8 Å². The summed E-state index contributed by atoms with van der Waals surface area (Å²) in [6.07, 6.45) is 3.20. The molecule has 0 N–H and O–H groups in total. The van der Waals surface area contributed by atoms with Crippen molar-refractivity contribution in [1.29, 1.82) is 0 Å². The molecule has 23 heavy (non-hydrogen) atoms. The molecule has 0 amide bonds. The van der Waals surface area contributed by atoms with Crippen LogP contribution in [0.4, 0.5) is 0 Å². The monoisotopic (exact) mass is 306 g/mol. The molecule has 0 saturated heterocycles. The summed E-state index contributed by atoms with van der Waals surface area (Å²) in [4.78, 5) is 30.4. The summed E-state index contributed by atoms with van der Waals surface area (Å²) in [6, 6.07) is 11.5. The molecule has 0 aliphatic carbocycles. The second kappa shape index (κ2) is 6.53. The molecule has 0 unspecified atom stereocenters. The van der Waals surface area contributed by atoms with Crippen LogP contribution in [0.3, 0.4) is 0 Å². The number of hydrogen-bond donors (Lipinski definition) is 0. The molecule has 0 aliphatic rings. The number of benzene rings is 2. The van der Waals surface area contributed by atoms with E-state index in [0.29, 0.717) is 11.1 Å². The van der Waals surface area contributed by atoms with E-state index < -0.39 is 5.66 Å². The number of nitrogens with zero attached hydrogens (tertiary/aromatic N) is 2. The van der Waals surface area contributed by atoms with E-state index in [2.05, 4.69) is 9.98 Å². The van der Waals surface area contributed by atoms with Crippen LogP contribution in [-0.2, 0) is 15.3 Å². The second-order valence-corrected chi connectivity index (χ2v) is 5.61. The Morgan fingerprint density at radius 3 is 1.26 bits per heavy atom. The summed E-state index contributed by atoms with van der Waals surface area (Å²) < 4.78 is 0. The molecule has 0 radical (unpaired) electrons. The maximum atomic E-state index is 11.2. The zero-order valence-corrected chi connectivity index (χ0v) is 13.7. The van der Waals surface area contributed by atoms with Gasteiger partial charge in [-0.3, -0.25) is 0 Å². The highest BCUT2D eigenvalue weighted by Crippen LogP contribution is 2.41. The molecule has 4 nitrogen and oxygen atoms in total. The van der Waals surface area contributed by atoms with Gasteiger partial charge in [0.1, 0.15) is 0 Å². The summed E-state index contributed by atoms with van der Waals surface area (Å²) in [5.41, 5.74) is 3.55. The fourth-order valence-electron chi connectivity index (χ4n) is 3.23. The SMILES string of the molecule is Cc1cccc(C)c1C(N=C=O)(N=C=O)c1c(C)cccc1C. The molecule has 2 aromatic rings. The van der Waals surface area contributed by atoms with E-state index in [4.69, 9.17) is 0 Å². The fourth-order valence-corrected chi connectivity index (χ4v) is 3.23. The molecule has 116 valence electrons. The largest absolute Gasteiger partial charge is 0.238 e.